The molecule has 12 heteroatoms. The number of thioether (sulfide) groups is 1. The van der Waals surface area contributed by atoms with Crippen LogP contribution in [0.4, 0.5) is 27.0 Å². The molecule has 0 spiro atoms. The van der Waals surface area contributed by atoms with E-state index in [1.807, 2.05) is 6.26 Å². The monoisotopic (exact) mass is 476 g/mol. The number of rotatable bonds is 5. The van der Waals surface area contributed by atoms with E-state index in [0.717, 1.165) is 16.9 Å². The van der Waals surface area contributed by atoms with Crippen LogP contribution in [0.5, 0.6) is 0 Å². The maximum atomic E-state index is 12.0. The maximum absolute atomic E-state index is 12.0. The third-order valence-corrected chi connectivity index (χ3v) is 3.54. The van der Waals surface area contributed by atoms with Gasteiger partial charge in [-0.25, -0.2) is 17.6 Å². The molecule has 2 rings (SSSR count). The largest absolute Gasteiger partial charge is 1.00 e. The molecule has 0 bridgehead atoms. The van der Waals surface area contributed by atoms with Crippen LogP contribution in [0.2, 0.25) is 0 Å². The van der Waals surface area contributed by atoms with Crippen LogP contribution in [0.1, 0.15) is 35.4 Å². The Labute approximate surface area is 197 Å². The minimum atomic E-state index is -2.50. The van der Waals surface area contributed by atoms with E-state index in [1.54, 1.807) is 30.2 Å². The quantitative estimate of drug-likeness (QED) is 0.287. The second-order valence-corrected chi connectivity index (χ2v) is 5.48. The second-order valence-electron chi connectivity index (χ2n) is 4.35. The van der Waals surface area contributed by atoms with Crippen LogP contribution in [0.25, 0.3) is 0 Å². The molecule has 0 atom stereocenters. The van der Waals surface area contributed by atoms with Gasteiger partial charge in [0.05, 0.1) is 0 Å². The van der Waals surface area contributed by atoms with Gasteiger partial charge in [-0.05, 0) is 29.5 Å². The minimum Gasteiger partial charge on any atom is -0.796 e. The van der Waals surface area contributed by atoms with E-state index in [0.29, 0.717) is 5.88 Å². The first kappa shape index (κ1) is 35.3. The first-order chi connectivity index (χ1) is 12.0. The van der Waals surface area contributed by atoms with Crippen molar-refractivity contribution >= 4 is 36.0 Å². The summed E-state index contributed by atoms with van der Waals surface area (Å²) < 4.78 is 47.8. The van der Waals surface area contributed by atoms with E-state index in [-0.39, 0.29) is 50.4 Å². The van der Waals surface area contributed by atoms with Crippen LogP contribution in [0, 0.1) is 0 Å². The fourth-order valence-corrected chi connectivity index (χ4v) is 2.12. The van der Waals surface area contributed by atoms with Gasteiger partial charge in [0.2, 0.25) is 0 Å². The smallest absolute Gasteiger partial charge is 0.796 e. The van der Waals surface area contributed by atoms with Gasteiger partial charge in [0.25, 0.3) is 12.9 Å². The Morgan fingerprint density at radius 1 is 0.893 bits per heavy atom. The normalized spacial score (nSPS) is 8.93. The number of aromatic nitrogens is 2. The molecule has 2 nitrogen and oxygen atoms in total. The fraction of sp³-hybridized carbons (Fsp3) is 0.375. The molecule has 0 fully saturated rings. The van der Waals surface area contributed by atoms with E-state index < -0.39 is 12.9 Å². The summed E-state index contributed by atoms with van der Waals surface area (Å²) in [4.78, 5) is 7.15. The van der Waals surface area contributed by atoms with Crippen LogP contribution < -0.4 is 29.6 Å². The summed E-state index contributed by atoms with van der Waals surface area (Å²) >= 11 is 11.2. The molecule has 2 heterocycles. The van der Waals surface area contributed by atoms with Crippen molar-refractivity contribution in [3.63, 3.8) is 0 Å². The summed E-state index contributed by atoms with van der Waals surface area (Å²) in [6.45, 7) is 0. The zero-order chi connectivity index (χ0) is 19.2. The topological polar surface area (TPSA) is 25.8 Å². The molecule has 0 saturated heterocycles. The SMILES string of the molecule is CSCc1ccc(C(F)F)nc1.C[S-].F.F.FC(F)c1ccc(CCl)cn1.[Na+]. The van der Waals surface area contributed by atoms with Crippen LogP contribution in [-0.2, 0) is 24.3 Å². The van der Waals surface area contributed by atoms with Crippen molar-refractivity contribution in [2.45, 2.75) is 24.5 Å². The van der Waals surface area contributed by atoms with Crippen LogP contribution in [-0.4, -0.2) is 22.5 Å². The van der Waals surface area contributed by atoms with Crippen molar-refractivity contribution < 1.29 is 56.5 Å². The zero-order valence-electron chi connectivity index (χ0n) is 15.5. The Morgan fingerprint density at radius 3 is 1.54 bits per heavy atom. The summed E-state index contributed by atoms with van der Waals surface area (Å²) in [6.07, 6.45) is 1.43. The molecule has 0 aliphatic carbocycles. The molecule has 0 aromatic carbocycles. The molecule has 0 amide bonds. The fourth-order valence-electron chi connectivity index (χ4n) is 1.46. The summed E-state index contributed by atoms with van der Waals surface area (Å²) in [6, 6.07) is 5.88. The first-order valence-corrected chi connectivity index (χ1v) is 9.64. The molecule has 156 valence electrons. The Bertz CT molecular complexity index is 580. The van der Waals surface area contributed by atoms with Gasteiger partial charge in [0.1, 0.15) is 11.4 Å². The van der Waals surface area contributed by atoms with Crippen LogP contribution in [0.3, 0.4) is 0 Å². The molecule has 0 aliphatic rings. The van der Waals surface area contributed by atoms with Crippen molar-refractivity contribution in [3.8, 4) is 0 Å². The van der Waals surface area contributed by atoms with Crippen molar-refractivity contribution in [2.24, 2.45) is 0 Å². The molecule has 28 heavy (non-hydrogen) atoms. The van der Waals surface area contributed by atoms with E-state index in [1.165, 1.54) is 24.5 Å². The van der Waals surface area contributed by atoms with Gasteiger partial charge in [-0.2, -0.15) is 18.0 Å². The van der Waals surface area contributed by atoms with Crippen LogP contribution >= 0.6 is 23.4 Å². The molecular weight excluding hydrogens is 457 g/mol. The molecule has 2 aromatic heterocycles. The number of halogens is 7. The zero-order valence-corrected chi connectivity index (χ0v) is 19.8. The third kappa shape index (κ3) is 14.8. The second kappa shape index (κ2) is 21.6. The van der Waals surface area contributed by atoms with Gasteiger partial charge >= 0.3 is 29.6 Å². The summed E-state index contributed by atoms with van der Waals surface area (Å²) in [7, 11) is 0. The third-order valence-electron chi connectivity index (χ3n) is 2.61. The summed E-state index contributed by atoms with van der Waals surface area (Å²) in [5.74, 6) is 1.12. The van der Waals surface area contributed by atoms with Gasteiger partial charge in [0.15, 0.2) is 0 Å². The maximum Gasteiger partial charge on any atom is 1.00 e. The van der Waals surface area contributed by atoms with Crippen LogP contribution in [0.15, 0.2) is 36.7 Å². The van der Waals surface area contributed by atoms with Crippen molar-refractivity contribution in [2.75, 3.05) is 12.5 Å². The summed E-state index contributed by atoms with van der Waals surface area (Å²) in [5, 5.41) is 0. The Balaban J connectivity index is -0.000000172. The number of hydrogen-bond donors (Lipinski definition) is 0. The first-order valence-electron chi connectivity index (χ1n) is 6.89. The molecule has 0 radical (unpaired) electrons. The van der Waals surface area contributed by atoms with E-state index >= 15 is 0 Å². The Kier molecular flexibility index (Phi) is 27.2. The molecule has 0 aliphatic heterocycles. The standard InChI is InChI=1S/C8H9F2NS.C7H6ClF2N.CH4S.2FH.Na/c1-12-5-6-2-3-7(8(9)10)11-4-6;8-3-5-1-2-6(7(9)10)11-4-5;1-2;;;/h2-4,8H,5H2,1H3;1-2,4,7H,3H2;2H,1H3;2*1H;/q;;;;;+1/p-1. The predicted octanol–water partition coefficient (Wildman–Crippen LogP) is 3.11. The van der Waals surface area contributed by atoms with E-state index in [9.17, 15) is 17.6 Å². The van der Waals surface area contributed by atoms with Gasteiger partial charge < -0.3 is 12.6 Å². The van der Waals surface area contributed by atoms with Crippen molar-refractivity contribution in [1.82, 2.24) is 9.97 Å². The number of hydrogen-bond acceptors (Lipinski definition) is 4. The number of alkyl halides is 5. The van der Waals surface area contributed by atoms with E-state index in [4.69, 9.17) is 11.6 Å². The Hall–Kier alpha value is -0.130. The molecule has 2 aromatic rings. The van der Waals surface area contributed by atoms with Crippen molar-refractivity contribution in [3.05, 3.63) is 59.2 Å². The Morgan fingerprint density at radius 2 is 1.29 bits per heavy atom. The number of pyridine rings is 2. The van der Waals surface area contributed by atoms with Gasteiger partial charge in [-0.15, -0.1) is 11.6 Å². The molecule has 0 unspecified atom stereocenters. The predicted molar refractivity (Wildman–Crippen MR) is 103 cm³/mol. The van der Waals surface area contributed by atoms with Gasteiger partial charge in [-0.1, -0.05) is 12.1 Å². The van der Waals surface area contributed by atoms with Gasteiger partial charge in [0, 0.05) is 24.0 Å². The van der Waals surface area contributed by atoms with Crippen molar-refractivity contribution in [1.29, 1.82) is 0 Å². The minimum absolute atomic E-state index is 0. The van der Waals surface area contributed by atoms with Gasteiger partial charge in [-0.3, -0.25) is 19.4 Å². The molecular formula is C16H20ClF6N2NaS2. The average Bonchev–Trinajstić information content (AvgIpc) is 2.64. The molecule has 0 saturated carbocycles. The number of nitrogens with zero attached hydrogens (tertiary/aromatic N) is 2. The average molecular weight is 477 g/mol. The summed E-state index contributed by atoms with van der Waals surface area (Å²) in [5.41, 5.74) is 1.36. The molecule has 0 N–H and O–H groups in total. The van der Waals surface area contributed by atoms with E-state index in [2.05, 4.69) is 22.6 Å².